The Kier molecular flexibility index (Phi) is 8.09. The van der Waals surface area contributed by atoms with Crippen LogP contribution in [0.5, 0.6) is 0 Å². The van der Waals surface area contributed by atoms with Gasteiger partial charge in [0.1, 0.15) is 14.0 Å². The van der Waals surface area contributed by atoms with Crippen LogP contribution in [0.4, 0.5) is 0 Å². The predicted octanol–water partition coefficient (Wildman–Crippen LogP) is 1.18. The van der Waals surface area contributed by atoms with Gasteiger partial charge in [-0.2, -0.15) is 0 Å². The standard InChI is InChI=1S/C14H28BO7PS/c1-9(2)20-10-4-5-19-13(10)8-24-23(16,17)22-11-6-14(15)21-12(11)7-18-3/h9-14H,4-8,15H2,1-3H3,(H,16,17)/t10?,11?,12-,13-,14-/m1/s1. The predicted molar refractivity (Wildman–Crippen MR) is 95.2 cm³/mol. The van der Waals surface area contributed by atoms with Gasteiger partial charge in [-0.15, -0.1) is 0 Å². The van der Waals surface area contributed by atoms with Crippen molar-refractivity contribution in [3.05, 3.63) is 0 Å². The molecule has 2 aliphatic rings. The summed E-state index contributed by atoms with van der Waals surface area (Å²) in [6.45, 7) is 1.10. The monoisotopic (exact) mass is 382 g/mol. The summed E-state index contributed by atoms with van der Waals surface area (Å²) in [6, 6.07) is -0.0119. The molecule has 2 heterocycles. The molecule has 0 amide bonds. The molecule has 10 heteroatoms. The van der Waals surface area contributed by atoms with Crippen molar-refractivity contribution in [2.45, 2.75) is 63.2 Å². The zero-order valence-electron chi connectivity index (χ0n) is 14.8. The van der Waals surface area contributed by atoms with Crippen LogP contribution in [-0.4, -0.2) is 75.3 Å². The molecule has 2 rings (SSSR count). The van der Waals surface area contributed by atoms with Gasteiger partial charge < -0.3 is 23.8 Å². The Morgan fingerprint density at radius 3 is 2.79 bits per heavy atom. The molecular formula is C14H28BO7PS. The van der Waals surface area contributed by atoms with Crippen molar-refractivity contribution in [1.82, 2.24) is 0 Å². The minimum Gasteiger partial charge on any atom is -0.382 e. The highest BCUT2D eigenvalue weighted by Crippen LogP contribution is 2.58. The van der Waals surface area contributed by atoms with Gasteiger partial charge in [0.05, 0.1) is 31.0 Å². The number of hydrogen-bond acceptors (Lipinski definition) is 7. The Bertz CT molecular complexity index is 441. The van der Waals surface area contributed by atoms with Crippen LogP contribution in [0.2, 0.25) is 0 Å². The second-order valence-corrected chi connectivity index (χ2v) is 10.4. The van der Waals surface area contributed by atoms with E-state index in [0.717, 1.165) is 17.8 Å². The highest BCUT2D eigenvalue weighted by molar-refractivity contribution is 8.54. The molecule has 0 bridgehead atoms. The summed E-state index contributed by atoms with van der Waals surface area (Å²) in [4.78, 5) is 10.2. The van der Waals surface area contributed by atoms with Crippen LogP contribution in [0.1, 0.15) is 26.7 Å². The van der Waals surface area contributed by atoms with Crippen molar-refractivity contribution >= 4 is 26.0 Å². The Hall–Kier alpha value is 0.405. The molecule has 0 spiro atoms. The summed E-state index contributed by atoms with van der Waals surface area (Å²) in [7, 11) is 3.49. The maximum absolute atomic E-state index is 12.4. The Morgan fingerprint density at radius 1 is 1.38 bits per heavy atom. The van der Waals surface area contributed by atoms with Crippen molar-refractivity contribution in [3.63, 3.8) is 0 Å². The van der Waals surface area contributed by atoms with Gasteiger partial charge in [0.15, 0.2) is 0 Å². The van der Waals surface area contributed by atoms with E-state index in [1.54, 1.807) is 7.11 Å². The number of rotatable bonds is 9. The molecule has 140 valence electrons. The van der Waals surface area contributed by atoms with Gasteiger partial charge in [0.2, 0.25) is 0 Å². The first-order valence-corrected chi connectivity index (χ1v) is 11.5. The van der Waals surface area contributed by atoms with Crippen molar-refractivity contribution in [2.24, 2.45) is 0 Å². The first-order valence-electron chi connectivity index (χ1n) is 8.38. The van der Waals surface area contributed by atoms with Crippen LogP contribution in [0.15, 0.2) is 0 Å². The highest BCUT2D eigenvalue weighted by atomic mass is 32.7. The van der Waals surface area contributed by atoms with Gasteiger partial charge in [-0.25, -0.2) is 4.57 Å². The molecule has 3 unspecified atom stereocenters. The SMILES string of the molecule is B[C@H]1CC(OP(=O)(O)SC[C@H]2OCCC2OC(C)C)[C@@H](COC)O1. The molecule has 6 atom stereocenters. The van der Waals surface area contributed by atoms with Gasteiger partial charge in [-0.3, -0.25) is 4.52 Å². The molecule has 0 saturated carbocycles. The summed E-state index contributed by atoms with van der Waals surface area (Å²) in [5, 5.41) is 0. The van der Waals surface area contributed by atoms with Crippen molar-refractivity contribution in [2.75, 3.05) is 26.1 Å². The van der Waals surface area contributed by atoms with Crippen LogP contribution in [0, 0.1) is 0 Å². The fourth-order valence-electron chi connectivity index (χ4n) is 3.00. The molecule has 0 aromatic heterocycles. The Balaban J connectivity index is 1.83. The van der Waals surface area contributed by atoms with Crippen LogP contribution in [0.3, 0.4) is 0 Å². The summed E-state index contributed by atoms with van der Waals surface area (Å²) in [5.41, 5.74) is 0. The third-order valence-corrected chi connectivity index (χ3v) is 7.01. The van der Waals surface area contributed by atoms with Crippen molar-refractivity contribution in [3.8, 4) is 0 Å². The Morgan fingerprint density at radius 2 is 2.12 bits per heavy atom. The molecular weight excluding hydrogens is 354 g/mol. The minimum atomic E-state index is -3.80. The van der Waals surface area contributed by atoms with E-state index in [1.165, 1.54) is 0 Å². The topological polar surface area (TPSA) is 83.5 Å². The van der Waals surface area contributed by atoms with Crippen LogP contribution in [0.25, 0.3) is 0 Å². The zero-order chi connectivity index (χ0) is 17.7. The van der Waals surface area contributed by atoms with Gasteiger partial charge in [0.25, 0.3) is 0 Å². The largest absolute Gasteiger partial charge is 0.387 e. The number of methoxy groups -OCH3 is 1. The lowest BCUT2D eigenvalue weighted by molar-refractivity contribution is -0.0288. The maximum atomic E-state index is 12.4. The second kappa shape index (κ2) is 9.37. The zero-order valence-corrected chi connectivity index (χ0v) is 16.5. The first-order chi connectivity index (χ1) is 11.3. The Labute approximate surface area is 148 Å². The van der Waals surface area contributed by atoms with Gasteiger partial charge in [-0.05, 0) is 38.1 Å². The molecule has 7 nitrogen and oxygen atoms in total. The lowest BCUT2D eigenvalue weighted by Gasteiger charge is -2.24. The lowest BCUT2D eigenvalue weighted by Crippen LogP contribution is -2.30. The average molecular weight is 382 g/mol. The molecule has 0 aromatic carbocycles. The molecule has 2 saturated heterocycles. The first kappa shape index (κ1) is 20.7. The fraction of sp³-hybridized carbons (Fsp3) is 1.00. The van der Waals surface area contributed by atoms with E-state index >= 15 is 0 Å². The van der Waals surface area contributed by atoms with Gasteiger partial charge in [-0.1, -0.05) is 0 Å². The third kappa shape index (κ3) is 6.29. The highest BCUT2D eigenvalue weighted by Gasteiger charge is 2.40. The molecule has 0 aliphatic carbocycles. The molecule has 24 heavy (non-hydrogen) atoms. The average Bonchev–Trinajstić information content (AvgIpc) is 3.03. The van der Waals surface area contributed by atoms with Gasteiger partial charge >= 0.3 is 6.80 Å². The summed E-state index contributed by atoms with van der Waals surface area (Å²) < 4.78 is 40.1. The molecule has 0 radical (unpaired) electrons. The van der Waals surface area contributed by atoms with E-state index in [2.05, 4.69) is 0 Å². The summed E-state index contributed by atoms with van der Waals surface area (Å²) in [5.74, 6) is 0.364. The minimum absolute atomic E-state index is 0.0119. The van der Waals surface area contributed by atoms with E-state index < -0.39 is 12.9 Å². The normalized spacial score (nSPS) is 36.3. The van der Waals surface area contributed by atoms with Crippen LogP contribution in [-0.2, 0) is 28.0 Å². The molecule has 2 aliphatic heterocycles. The van der Waals surface area contributed by atoms with E-state index in [-0.39, 0.29) is 30.4 Å². The van der Waals surface area contributed by atoms with Gasteiger partial charge in [0, 0.05) is 25.5 Å². The van der Waals surface area contributed by atoms with Crippen molar-refractivity contribution < 1.29 is 32.9 Å². The number of hydrogen-bond donors (Lipinski definition) is 1. The molecule has 0 aromatic rings. The van der Waals surface area contributed by atoms with E-state index in [4.69, 9.17) is 23.5 Å². The molecule has 1 N–H and O–H groups in total. The van der Waals surface area contributed by atoms with E-state index in [1.807, 2.05) is 21.7 Å². The van der Waals surface area contributed by atoms with E-state index in [0.29, 0.717) is 25.4 Å². The molecule has 2 fully saturated rings. The van der Waals surface area contributed by atoms with Crippen LogP contribution < -0.4 is 0 Å². The van der Waals surface area contributed by atoms with Crippen LogP contribution >= 0.6 is 18.2 Å². The summed E-state index contributed by atoms with van der Waals surface area (Å²) >= 11 is 0.903. The second-order valence-electron chi connectivity index (χ2n) is 6.51. The van der Waals surface area contributed by atoms with E-state index in [9.17, 15) is 9.46 Å². The maximum Gasteiger partial charge on any atom is 0.387 e. The van der Waals surface area contributed by atoms with Crippen molar-refractivity contribution in [1.29, 1.82) is 0 Å². The number of ether oxygens (including phenoxy) is 4. The third-order valence-electron chi connectivity index (χ3n) is 3.98. The smallest absolute Gasteiger partial charge is 0.382 e. The quantitative estimate of drug-likeness (QED) is 0.470. The lowest BCUT2D eigenvalue weighted by atomic mass is 9.96. The summed E-state index contributed by atoms with van der Waals surface area (Å²) in [6.07, 6.45) is 0.528. The fourth-order valence-corrected chi connectivity index (χ4v) is 5.79.